The summed E-state index contributed by atoms with van der Waals surface area (Å²) in [7, 11) is 1.56. The van der Waals surface area contributed by atoms with E-state index in [-0.39, 0.29) is 37.4 Å². The third-order valence-corrected chi connectivity index (χ3v) is 5.21. The summed E-state index contributed by atoms with van der Waals surface area (Å²) >= 11 is 0. The molecule has 0 saturated carbocycles. The van der Waals surface area contributed by atoms with Crippen LogP contribution in [0.4, 0.5) is 18.9 Å². The zero-order valence-electron chi connectivity index (χ0n) is 15.4. The van der Waals surface area contributed by atoms with Crippen LogP contribution in [0, 0.1) is 5.92 Å². The van der Waals surface area contributed by atoms with Gasteiger partial charge in [0.1, 0.15) is 18.4 Å². The highest BCUT2D eigenvalue weighted by molar-refractivity contribution is 6.03. The van der Waals surface area contributed by atoms with Crippen LogP contribution in [0.1, 0.15) is 22.6 Å². The number of nitrogens with one attached hydrogen (secondary N) is 1. The highest BCUT2D eigenvalue weighted by Gasteiger charge is 2.43. The molecule has 11 heteroatoms. The summed E-state index contributed by atoms with van der Waals surface area (Å²) in [4.78, 5) is 26.8. The Balaban J connectivity index is 1.53. The number of nitrogens with zero attached hydrogens (tertiary/aromatic N) is 4. The Morgan fingerprint density at radius 2 is 2.07 bits per heavy atom. The van der Waals surface area contributed by atoms with Crippen LogP contribution >= 0.6 is 0 Å². The van der Waals surface area contributed by atoms with Crippen molar-refractivity contribution in [2.45, 2.75) is 31.6 Å². The van der Waals surface area contributed by atoms with E-state index < -0.39 is 30.0 Å². The number of aromatic nitrogens is 3. The first-order valence-electron chi connectivity index (χ1n) is 9.05. The molecule has 2 aliphatic rings. The van der Waals surface area contributed by atoms with Gasteiger partial charge in [-0.05, 0) is 18.6 Å². The van der Waals surface area contributed by atoms with Crippen molar-refractivity contribution >= 4 is 17.5 Å². The van der Waals surface area contributed by atoms with Gasteiger partial charge in [-0.25, -0.2) is 4.68 Å². The number of ether oxygens (including phenoxy) is 1. The summed E-state index contributed by atoms with van der Waals surface area (Å²) in [5, 5.41) is 10.1. The van der Waals surface area contributed by atoms with Crippen molar-refractivity contribution in [3.8, 4) is 5.75 Å². The Bertz CT molecular complexity index is 958. The van der Waals surface area contributed by atoms with Crippen molar-refractivity contribution in [1.29, 1.82) is 0 Å². The Hall–Kier alpha value is -3.11. The quantitative estimate of drug-likeness (QED) is 0.813. The molecule has 0 aliphatic carbocycles. The minimum atomic E-state index is -4.36. The lowest BCUT2D eigenvalue weighted by Gasteiger charge is -2.25. The predicted octanol–water partition coefficient (Wildman–Crippen LogP) is 1.56. The number of hydrogen-bond acceptors (Lipinski definition) is 5. The molecule has 154 valence electrons. The Kier molecular flexibility index (Phi) is 4.67. The van der Waals surface area contributed by atoms with E-state index in [2.05, 4.69) is 15.6 Å². The second kappa shape index (κ2) is 7.05. The molecule has 3 heterocycles. The highest BCUT2D eigenvalue weighted by atomic mass is 19.4. The fourth-order valence-electron chi connectivity index (χ4n) is 3.57. The van der Waals surface area contributed by atoms with E-state index >= 15 is 0 Å². The van der Waals surface area contributed by atoms with E-state index in [0.717, 1.165) is 0 Å². The Labute approximate surface area is 163 Å². The summed E-state index contributed by atoms with van der Waals surface area (Å²) in [6, 6.07) is 5.92. The summed E-state index contributed by atoms with van der Waals surface area (Å²) in [6.45, 7) is -0.0795. The van der Waals surface area contributed by atoms with Crippen LogP contribution in [0.5, 0.6) is 5.75 Å². The molecule has 1 aromatic heterocycles. The second-order valence-corrected chi connectivity index (χ2v) is 7.04. The molecule has 0 fully saturated rings. The zero-order valence-corrected chi connectivity index (χ0v) is 15.4. The molecule has 0 bridgehead atoms. The van der Waals surface area contributed by atoms with Crippen molar-refractivity contribution < 1.29 is 27.5 Å². The topological polar surface area (TPSA) is 89.4 Å². The fourth-order valence-corrected chi connectivity index (χ4v) is 3.57. The van der Waals surface area contributed by atoms with Gasteiger partial charge in [0.2, 0.25) is 0 Å². The maximum Gasteiger partial charge on any atom is 0.392 e. The van der Waals surface area contributed by atoms with Crippen molar-refractivity contribution in [3.63, 3.8) is 0 Å². The van der Waals surface area contributed by atoms with E-state index in [4.69, 9.17) is 4.74 Å². The first kappa shape index (κ1) is 19.2. The Morgan fingerprint density at radius 3 is 2.83 bits per heavy atom. The lowest BCUT2D eigenvalue weighted by atomic mass is 9.94. The number of carbonyl (C=O) groups excluding carboxylic acids is 2. The number of anilines is 1. The van der Waals surface area contributed by atoms with Crippen LogP contribution in [-0.4, -0.2) is 52.7 Å². The lowest BCUT2D eigenvalue weighted by molar-refractivity contribution is -0.179. The minimum Gasteiger partial charge on any atom is -0.489 e. The van der Waals surface area contributed by atoms with Gasteiger partial charge in [0.05, 0.1) is 17.3 Å². The van der Waals surface area contributed by atoms with E-state index in [0.29, 0.717) is 11.4 Å². The van der Waals surface area contributed by atoms with Crippen molar-refractivity contribution in [2.75, 3.05) is 18.6 Å². The van der Waals surface area contributed by atoms with Crippen LogP contribution in [0.15, 0.2) is 24.3 Å². The van der Waals surface area contributed by atoms with Gasteiger partial charge in [0.15, 0.2) is 5.69 Å². The fraction of sp³-hybridized carbons (Fsp3) is 0.444. The number of rotatable bonds is 2. The van der Waals surface area contributed by atoms with Gasteiger partial charge in [0, 0.05) is 20.0 Å². The number of amides is 2. The summed E-state index contributed by atoms with van der Waals surface area (Å²) in [5.41, 5.74) is 0.481. The minimum absolute atomic E-state index is 0.0311. The number of aryl methyl sites for hydroxylation is 1. The number of halogens is 3. The van der Waals surface area contributed by atoms with Gasteiger partial charge in [0.25, 0.3) is 11.8 Å². The molecule has 1 N–H and O–H groups in total. The zero-order chi connectivity index (χ0) is 20.8. The maximum absolute atomic E-state index is 13.1. The predicted molar refractivity (Wildman–Crippen MR) is 94.5 cm³/mol. The van der Waals surface area contributed by atoms with Gasteiger partial charge in [-0.1, -0.05) is 17.3 Å². The van der Waals surface area contributed by atoms with E-state index in [1.54, 1.807) is 31.3 Å². The molecule has 0 radical (unpaired) electrons. The molecular weight excluding hydrogens is 391 g/mol. The number of hydrogen-bond donors (Lipinski definition) is 1. The highest BCUT2D eigenvalue weighted by Crippen LogP contribution is 2.35. The van der Waals surface area contributed by atoms with Crippen molar-refractivity contribution in [2.24, 2.45) is 5.92 Å². The third-order valence-electron chi connectivity index (χ3n) is 5.21. The number of benzene rings is 1. The van der Waals surface area contributed by atoms with Crippen molar-refractivity contribution in [3.05, 3.63) is 35.7 Å². The van der Waals surface area contributed by atoms with E-state index in [1.165, 1.54) is 9.58 Å². The molecule has 2 aromatic rings. The standard InChI is InChI=1S/C18H18F3N5O3/c1-25-12-4-2-3-5-14(12)29-9-11(17(25)28)22-16(27)15-13-8-10(18(19,20)21)6-7-26(13)24-23-15/h2-5,10-11H,6-9H2,1H3,(H,22,27)/t10?,11-/m0/s1. The molecule has 8 nitrogen and oxygen atoms in total. The average Bonchev–Trinajstić information content (AvgIpc) is 3.08. The van der Waals surface area contributed by atoms with Crippen LogP contribution in [-0.2, 0) is 17.8 Å². The number of likely N-dealkylation sites (N-methyl/N-ethyl adjacent to an activating group) is 1. The van der Waals surface area contributed by atoms with Crippen LogP contribution < -0.4 is 15.0 Å². The number of fused-ring (bicyclic) bond motifs is 2. The summed E-state index contributed by atoms with van der Waals surface area (Å²) in [5.74, 6) is -2.22. The number of carbonyl (C=O) groups is 2. The molecule has 1 unspecified atom stereocenters. The largest absolute Gasteiger partial charge is 0.489 e. The molecule has 0 spiro atoms. The second-order valence-electron chi connectivity index (χ2n) is 7.04. The molecule has 2 atom stereocenters. The average molecular weight is 409 g/mol. The van der Waals surface area contributed by atoms with E-state index in [1.807, 2.05) is 0 Å². The molecule has 29 heavy (non-hydrogen) atoms. The van der Waals surface area contributed by atoms with Gasteiger partial charge < -0.3 is 15.0 Å². The summed E-state index contributed by atoms with van der Waals surface area (Å²) in [6.07, 6.45) is -4.85. The molecule has 0 saturated heterocycles. The van der Waals surface area contributed by atoms with Crippen LogP contribution in [0.25, 0.3) is 0 Å². The van der Waals surface area contributed by atoms with Gasteiger partial charge in [-0.3, -0.25) is 9.59 Å². The van der Waals surface area contributed by atoms with Gasteiger partial charge in [-0.2, -0.15) is 13.2 Å². The lowest BCUT2D eigenvalue weighted by Crippen LogP contribution is -2.49. The molecule has 2 aliphatic heterocycles. The monoisotopic (exact) mass is 409 g/mol. The molecule has 1 aromatic carbocycles. The van der Waals surface area contributed by atoms with Crippen molar-refractivity contribution in [1.82, 2.24) is 20.3 Å². The molecule has 2 amide bonds. The number of para-hydroxylation sites is 2. The third kappa shape index (κ3) is 3.52. The first-order valence-corrected chi connectivity index (χ1v) is 9.05. The van der Waals surface area contributed by atoms with Gasteiger partial charge in [-0.15, -0.1) is 5.10 Å². The van der Waals surface area contributed by atoms with Crippen LogP contribution in [0.3, 0.4) is 0 Å². The Morgan fingerprint density at radius 1 is 1.31 bits per heavy atom. The smallest absolute Gasteiger partial charge is 0.392 e. The normalized spacial score (nSPS) is 21.7. The van der Waals surface area contributed by atoms with E-state index in [9.17, 15) is 22.8 Å². The van der Waals surface area contributed by atoms with Crippen LogP contribution in [0.2, 0.25) is 0 Å². The first-order chi connectivity index (χ1) is 13.8. The van der Waals surface area contributed by atoms with Gasteiger partial charge >= 0.3 is 6.18 Å². The SMILES string of the molecule is CN1C(=O)[C@@H](NC(=O)c2nnn3c2CC(C(F)(F)F)CC3)COc2ccccc21. The molecule has 4 rings (SSSR count). The maximum atomic E-state index is 13.1. The molecular formula is C18H18F3N5O3. The number of alkyl halides is 3. The summed E-state index contributed by atoms with van der Waals surface area (Å²) < 4.78 is 46.2.